The van der Waals surface area contributed by atoms with Crippen LogP contribution in [0, 0.1) is 0 Å². The summed E-state index contributed by atoms with van der Waals surface area (Å²) in [5.41, 5.74) is 1.81. The van der Waals surface area contributed by atoms with Gasteiger partial charge in [0.25, 0.3) is 0 Å². The molecule has 1 N–H and O–H groups in total. The van der Waals surface area contributed by atoms with E-state index >= 15 is 0 Å². The quantitative estimate of drug-likeness (QED) is 0.666. The minimum absolute atomic E-state index is 0.101. The fraction of sp³-hybridized carbons (Fsp3) is 0.412. The van der Waals surface area contributed by atoms with Gasteiger partial charge in [-0.1, -0.05) is 13.0 Å². The summed E-state index contributed by atoms with van der Waals surface area (Å²) in [6.45, 7) is 7.06. The molecule has 0 saturated heterocycles. The Labute approximate surface area is 126 Å². The molecule has 0 aliphatic rings. The number of aliphatic imine (C=N–C) groups is 1. The Bertz CT molecular complexity index is 641. The molecule has 0 atom stereocenters. The van der Waals surface area contributed by atoms with Crippen molar-refractivity contribution in [3.05, 3.63) is 48.0 Å². The van der Waals surface area contributed by atoms with Gasteiger partial charge in [-0.3, -0.25) is 4.99 Å². The number of phenols is 1. The highest BCUT2D eigenvalue weighted by Gasteiger charge is 2.12. The number of hydrogen-bond acceptors (Lipinski definition) is 2. The van der Waals surface area contributed by atoms with Gasteiger partial charge in [0.05, 0.1) is 12.6 Å². The van der Waals surface area contributed by atoms with E-state index in [1.807, 2.05) is 42.5 Å². The molecule has 0 saturated carbocycles. The second kappa shape index (κ2) is 6.12. The summed E-state index contributed by atoms with van der Waals surface area (Å²) in [7, 11) is 2.00. The Morgan fingerprint density at radius 1 is 1.38 bits per heavy atom. The lowest BCUT2D eigenvalue weighted by Crippen LogP contribution is -2.23. The molecule has 0 radical (unpaired) electrons. The molecule has 0 bridgehead atoms. The van der Waals surface area contributed by atoms with Crippen LogP contribution in [0.25, 0.3) is 0 Å². The molecule has 0 fully saturated rings. The van der Waals surface area contributed by atoms with Gasteiger partial charge in [-0.15, -0.1) is 0 Å². The summed E-state index contributed by atoms with van der Waals surface area (Å²) in [5.74, 6) is 0.271. The van der Waals surface area contributed by atoms with E-state index in [0.717, 1.165) is 24.1 Å². The van der Waals surface area contributed by atoms with Gasteiger partial charge >= 0.3 is 0 Å². The molecule has 1 aromatic carbocycles. The summed E-state index contributed by atoms with van der Waals surface area (Å²) in [6.07, 6.45) is 8.80. The average Bonchev–Trinajstić information content (AvgIpc) is 2.85. The molecular formula is C17H24N3O+. The highest BCUT2D eigenvalue weighted by molar-refractivity contribution is 5.83. The smallest absolute Gasteiger partial charge is 0.243 e. The van der Waals surface area contributed by atoms with Crippen LogP contribution in [0.5, 0.6) is 5.75 Å². The van der Waals surface area contributed by atoms with Crippen LogP contribution in [0.3, 0.4) is 0 Å². The zero-order valence-corrected chi connectivity index (χ0v) is 13.2. The SMILES string of the molecule is CCC(C)(C)N=Cc1cc(Cn2cc[n+](C)c2)ccc1O. The van der Waals surface area contributed by atoms with Crippen LogP contribution >= 0.6 is 0 Å². The van der Waals surface area contributed by atoms with Crippen LogP contribution in [0.15, 0.2) is 41.9 Å². The van der Waals surface area contributed by atoms with Crippen molar-refractivity contribution >= 4 is 6.21 Å². The lowest BCUT2D eigenvalue weighted by molar-refractivity contribution is -0.671. The number of aromatic hydroxyl groups is 1. The molecule has 4 nitrogen and oxygen atoms in total. The van der Waals surface area contributed by atoms with Gasteiger partial charge < -0.3 is 5.11 Å². The van der Waals surface area contributed by atoms with Crippen LogP contribution in [0.1, 0.15) is 38.3 Å². The molecule has 2 aromatic rings. The first-order chi connectivity index (χ1) is 9.89. The molecule has 0 aliphatic carbocycles. The van der Waals surface area contributed by atoms with E-state index in [4.69, 9.17) is 0 Å². The minimum Gasteiger partial charge on any atom is -0.507 e. The highest BCUT2D eigenvalue weighted by Crippen LogP contribution is 2.19. The number of rotatable bonds is 5. The molecule has 1 aromatic heterocycles. The molecule has 112 valence electrons. The van der Waals surface area contributed by atoms with Crippen LogP contribution < -0.4 is 4.57 Å². The van der Waals surface area contributed by atoms with E-state index < -0.39 is 0 Å². The minimum atomic E-state index is -0.101. The maximum atomic E-state index is 9.97. The van der Waals surface area contributed by atoms with E-state index in [0.29, 0.717) is 0 Å². The van der Waals surface area contributed by atoms with Crippen molar-refractivity contribution < 1.29 is 9.67 Å². The van der Waals surface area contributed by atoms with Gasteiger partial charge in [-0.2, -0.15) is 0 Å². The van der Waals surface area contributed by atoms with Gasteiger partial charge in [0, 0.05) is 11.8 Å². The van der Waals surface area contributed by atoms with Gasteiger partial charge in [0.2, 0.25) is 6.33 Å². The normalized spacial score (nSPS) is 12.2. The maximum absolute atomic E-state index is 9.97. The predicted molar refractivity (Wildman–Crippen MR) is 84.8 cm³/mol. The lowest BCUT2D eigenvalue weighted by atomic mass is 10.0. The van der Waals surface area contributed by atoms with Gasteiger partial charge in [0.15, 0.2) is 0 Å². The van der Waals surface area contributed by atoms with Crippen molar-refractivity contribution in [3.8, 4) is 5.75 Å². The van der Waals surface area contributed by atoms with Crippen molar-refractivity contribution in [1.29, 1.82) is 0 Å². The molecule has 0 unspecified atom stereocenters. The highest BCUT2D eigenvalue weighted by atomic mass is 16.3. The Kier molecular flexibility index (Phi) is 4.46. The lowest BCUT2D eigenvalue weighted by Gasteiger charge is -2.16. The van der Waals surface area contributed by atoms with Crippen LogP contribution in [-0.2, 0) is 13.6 Å². The van der Waals surface area contributed by atoms with Crippen molar-refractivity contribution in [2.75, 3.05) is 0 Å². The largest absolute Gasteiger partial charge is 0.507 e. The van der Waals surface area contributed by atoms with E-state index in [1.165, 1.54) is 0 Å². The number of imidazole rings is 1. The van der Waals surface area contributed by atoms with Gasteiger partial charge in [-0.05, 0) is 38.0 Å². The molecule has 21 heavy (non-hydrogen) atoms. The number of hydrogen-bond donors (Lipinski definition) is 1. The molecule has 4 heteroatoms. The molecule has 0 amide bonds. The second-order valence-corrected chi connectivity index (χ2v) is 6.07. The molecule has 0 aliphatic heterocycles. The van der Waals surface area contributed by atoms with Gasteiger partial charge in [0.1, 0.15) is 24.7 Å². The van der Waals surface area contributed by atoms with E-state index in [2.05, 4.69) is 30.3 Å². The van der Waals surface area contributed by atoms with Crippen molar-refractivity contribution in [2.24, 2.45) is 12.0 Å². The van der Waals surface area contributed by atoms with Crippen molar-refractivity contribution in [3.63, 3.8) is 0 Å². The maximum Gasteiger partial charge on any atom is 0.243 e. The number of aromatic nitrogens is 2. The predicted octanol–water partition coefficient (Wildman–Crippen LogP) is 2.67. The summed E-state index contributed by atoms with van der Waals surface area (Å²) in [4.78, 5) is 4.56. The molecule has 1 heterocycles. The zero-order chi connectivity index (χ0) is 15.5. The zero-order valence-electron chi connectivity index (χ0n) is 13.2. The number of benzene rings is 1. The van der Waals surface area contributed by atoms with E-state index in [1.54, 1.807) is 12.3 Å². The first-order valence-corrected chi connectivity index (χ1v) is 7.28. The average molecular weight is 286 g/mol. The van der Waals surface area contributed by atoms with E-state index in [9.17, 15) is 5.11 Å². The van der Waals surface area contributed by atoms with Crippen LogP contribution in [0.2, 0.25) is 0 Å². The van der Waals surface area contributed by atoms with Gasteiger partial charge in [-0.25, -0.2) is 9.13 Å². The second-order valence-electron chi connectivity index (χ2n) is 6.07. The van der Waals surface area contributed by atoms with Crippen molar-refractivity contribution in [2.45, 2.75) is 39.3 Å². The molecule has 0 spiro atoms. The third kappa shape index (κ3) is 4.18. The first kappa shape index (κ1) is 15.3. The molecule has 2 rings (SSSR count). The van der Waals surface area contributed by atoms with Crippen LogP contribution in [-0.4, -0.2) is 21.4 Å². The summed E-state index contributed by atoms with van der Waals surface area (Å²) in [6, 6.07) is 5.67. The molecular weight excluding hydrogens is 262 g/mol. The Morgan fingerprint density at radius 2 is 2.14 bits per heavy atom. The first-order valence-electron chi connectivity index (χ1n) is 7.28. The van der Waals surface area contributed by atoms with Crippen molar-refractivity contribution in [1.82, 2.24) is 4.57 Å². The topological polar surface area (TPSA) is 41.4 Å². The third-order valence-electron chi connectivity index (χ3n) is 3.70. The Balaban J connectivity index is 2.21. The summed E-state index contributed by atoms with van der Waals surface area (Å²) < 4.78 is 4.11. The fourth-order valence-corrected chi connectivity index (χ4v) is 1.95. The fourth-order valence-electron chi connectivity index (χ4n) is 1.95. The summed E-state index contributed by atoms with van der Waals surface area (Å²) >= 11 is 0. The summed E-state index contributed by atoms with van der Waals surface area (Å²) in [5, 5.41) is 9.97. The number of aryl methyl sites for hydroxylation is 1. The monoisotopic (exact) mass is 286 g/mol. The third-order valence-corrected chi connectivity index (χ3v) is 3.70. The standard InChI is InChI=1S/C17H23N3O/c1-5-17(2,3)18-11-15-10-14(6-7-16(15)21)12-20-9-8-19(4)13-20/h6-11,13H,5,12H2,1-4H3/p+1. The van der Waals surface area contributed by atoms with E-state index in [-0.39, 0.29) is 11.3 Å². The number of phenolic OH excluding ortho intramolecular Hbond substituents is 1. The van der Waals surface area contributed by atoms with Crippen LogP contribution in [0.4, 0.5) is 0 Å². The Morgan fingerprint density at radius 3 is 2.76 bits per heavy atom. The Hall–Kier alpha value is -2.10. The number of nitrogens with zero attached hydrogens (tertiary/aromatic N) is 3.